The maximum Gasteiger partial charge on any atom is 0.254 e. The number of unbranched alkanes of at least 4 members (excludes halogenated alkanes) is 1. The first-order valence-corrected chi connectivity index (χ1v) is 8.84. The van der Waals surface area contributed by atoms with Gasteiger partial charge in [-0.25, -0.2) is 0 Å². The molecule has 2 aromatic rings. The minimum Gasteiger partial charge on any atom is -0.457 e. The Kier molecular flexibility index (Phi) is 5.00. The van der Waals surface area contributed by atoms with Crippen LogP contribution in [0.2, 0.25) is 0 Å². The van der Waals surface area contributed by atoms with E-state index < -0.39 is 17.4 Å². The maximum atomic E-state index is 12.2. The third-order valence-electron chi connectivity index (χ3n) is 4.84. The average molecular weight is 352 g/mol. The fourth-order valence-corrected chi connectivity index (χ4v) is 3.41. The second-order valence-corrected chi connectivity index (χ2v) is 6.63. The van der Waals surface area contributed by atoms with Crippen molar-refractivity contribution in [2.45, 2.75) is 31.8 Å². The molecule has 2 unspecified atom stereocenters. The van der Waals surface area contributed by atoms with E-state index in [2.05, 4.69) is 6.92 Å². The molecule has 0 saturated heterocycles. The van der Waals surface area contributed by atoms with Crippen LogP contribution in [0.15, 0.2) is 54.6 Å². The van der Waals surface area contributed by atoms with E-state index in [0.29, 0.717) is 34.7 Å². The number of nitrogen functional groups attached to an aromatic ring is 1. The molecule has 5 N–H and O–H groups in total. The van der Waals surface area contributed by atoms with Gasteiger partial charge in [0.2, 0.25) is 0 Å². The molecule has 1 aliphatic carbocycles. The molecule has 0 spiro atoms. The first-order valence-electron chi connectivity index (χ1n) is 8.84. The number of anilines is 1. The van der Waals surface area contributed by atoms with Crippen molar-refractivity contribution in [1.82, 2.24) is 0 Å². The number of ether oxygens (including phenoxy) is 1. The van der Waals surface area contributed by atoms with Crippen LogP contribution in [0.4, 0.5) is 5.69 Å². The third kappa shape index (κ3) is 3.18. The number of nitrogens with two attached hydrogens (primary N) is 2. The van der Waals surface area contributed by atoms with Gasteiger partial charge in [0.15, 0.2) is 5.60 Å². The SMILES string of the molecule is CCCCC1C=C(Oc2ccc(N)cc2)c2ccccc2C1(O)C(N)=O. The number of amides is 1. The van der Waals surface area contributed by atoms with Crippen molar-refractivity contribution in [3.63, 3.8) is 0 Å². The fourth-order valence-electron chi connectivity index (χ4n) is 3.41. The lowest BCUT2D eigenvalue weighted by atomic mass is 9.72. The summed E-state index contributed by atoms with van der Waals surface area (Å²) in [4.78, 5) is 12.2. The minimum atomic E-state index is -1.74. The lowest BCUT2D eigenvalue weighted by Crippen LogP contribution is -2.49. The first kappa shape index (κ1) is 18.0. The standard InChI is InChI=1S/C21H24N2O3/c1-2-3-6-14-13-19(26-16-11-9-15(22)10-12-16)17-7-4-5-8-18(17)21(14,25)20(23)24/h4-5,7-14,25H,2-3,6,22H2,1H3,(H2,23,24). The molecule has 5 nitrogen and oxygen atoms in total. The number of primary amides is 1. The molecule has 3 rings (SSSR count). The Labute approximate surface area is 153 Å². The van der Waals surface area contributed by atoms with Crippen LogP contribution in [0.5, 0.6) is 5.75 Å². The van der Waals surface area contributed by atoms with Crippen molar-refractivity contribution in [3.8, 4) is 5.75 Å². The molecule has 0 heterocycles. The molecule has 26 heavy (non-hydrogen) atoms. The molecule has 0 aliphatic heterocycles. The van der Waals surface area contributed by atoms with Gasteiger partial charge in [-0.3, -0.25) is 4.79 Å². The quantitative estimate of drug-likeness (QED) is 0.695. The summed E-state index contributed by atoms with van der Waals surface area (Å²) in [5.41, 5.74) is 11.4. The second kappa shape index (κ2) is 7.22. The molecule has 136 valence electrons. The molecular formula is C21H24N2O3. The number of carbonyl (C=O) groups excluding carboxylic acids is 1. The van der Waals surface area contributed by atoms with E-state index in [-0.39, 0.29) is 0 Å². The molecule has 1 amide bonds. The molecule has 2 atom stereocenters. The summed E-state index contributed by atoms with van der Waals surface area (Å²) in [6.45, 7) is 2.07. The summed E-state index contributed by atoms with van der Waals surface area (Å²) in [6.07, 6.45) is 4.28. The van der Waals surface area contributed by atoms with Gasteiger partial charge in [-0.2, -0.15) is 0 Å². The molecule has 2 aromatic carbocycles. The van der Waals surface area contributed by atoms with Gasteiger partial charge in [0.05, 0.1) is 0 Å². The molecule has 0 aromatic heterocycles. The Morgan fingerprint density at radius 1 is 1.19 bits per heavy atom. The van der Waals surface area contributed by atoms with Crippen molar-refractivity contribution >= 4 is 17.4 Å². The summed E-state index contributed by atoms with van der Waals surface area (Å²) in [6, 6.07) is 14.3. The van der Waals surface area contributed by atoms with Crippen molar-refractivity contribution < 1.29 is 14.6 Å². The zero-order chi connectivity index (χ0) is 18.7. The van der Waals surface area contributed by atoms with E-state index in [4.69, 9.17) is 16.2 Å². The third-order valence-corrected chi connectivity index (χ3v) is 4.84. The fraction of sp³-hybridized carbons (Fsp3) is 0.286. The first-order chi connectivity index (χ1) is 12.5. The summed E-state index contributed by atoms with van der Waals surface area (Å²) in [5, 5.41) is 11.2. The van der Waals surface area contributed by atoms with Crippen molar-refractivity contribution in [3.05, 3.63) is 65.7 Å². The lowest BCUT2D eigenvalue weighted by molar-refractivity contribution is -0.142. The number of fused-ring (bicyclic) bond motifs is 1. The van der Waals surface area contributed by atoms with Gasteiger partial charge >= 0.3 is 0 Å². The average Bonchev–Trinajstić information content (AvgIpc) is 2.64. The highest BCUT2D eigenvalue weighted by Gasteiger charge is 2.47. The minimum absolute atomic E-state index is 0.446. The lowest BCUT2D eigenvalue weighted by Gasteiger charge is -2.37. The van der Waals surface area contributed by atoms with Crippen LogP contribution in [0.3, 0.4) is 0 Å². The smallest absolute Gasteiger partial charge is 0.254 e. The van der Waals surface area contributed by atoms with Gasteiger partial charge in [0.25, 0.3) is 5.91 Å². The Hall–Kier alpha value is -2.79. The van der Waals surface area contributed by atoms with Gasteiger partial charge in [-0.1, -0.05) is 44.0 Å². The van der Waals surface area contributed by atoms with E-state index >= 15 is 0 Å². The second-order valence-electron chi connectivity index (χ2n) is 6.63. The number of rotatable bonds is 6. The number of carbonyl (C=O) groups is 1. The molecule has 0 fully saturated rings. The van der Waals surface area contributed by atoms with Gasteiger partial charge in [-0.05, 0) is 36.8 Å². The number of hydrogen-bond donors (Lipinski definition) is 3. The van der Waals surface area contributed by atoms with E-state index in [1.165, 1.54) is 0 Å². The van der Waals surface area contributed by atoms with Crippen LogP contribution >= 0.6 is 0 Å². The summed E-state index contributed by atoms with van der Waals surface area (Å²) >= 11 is 0. The van der Waals surface area contributed by atoms with E-state index in [9.17, 15) is 9.90 Å². The van der Waals surface area contributed by atoms with Gasteiger partial charge in [0, 0.05) is 22.7 Å². The maximum absolute atomic E-state index is 12.2. The Balaban J connectivity index is 2.06. The summed E-state index contributed by atoms with van der Waals surface area (Å²) in [5.74, 6) is 0.0591. The highest BCUT2D eigenvalue weighted by atomic mass is 16.5. The number of benzene rings is 2. The Morgan fingerprint density at radius 3 is 2.54 bits per heavy atom. The zero-order valence-electron chi connectivity index (χ0n) is 14.8. The van der Waals surface area contributed by atoms with Crippen LogP contribution in [0, 0.1) is 5.92 Å². The molecule has 0 saturated carbocycles. The summed E-state index contributed by atoms with van der Waals surface area (Å²) in [7, 11) is 0. The molecule has 1 aliphatic rings. The predicted molar refractivity (Wildman–Crippen MR) is 102 cm³/mol. The Bertz CT molecular complexity index is 829. The predicted octanol–water partition coefficient (Wildman–Crippen LogP) is 3.18. The number of hydrogen-bond acceptors (Lipinski definition) is 4. The van der Waals surface area contributed by atoms with Gasteiger partial charge < -0.3 is 21.3 Å². The van der Waals surface area contributed by atoms with Gasteiger partial charge in [0.1, 0.15) is 11.5 Å². The highest BCUT2D eigenvalue weighted by molar-refractivity contribution is 5.89. The monoisotopic (exact) mass is 352 g/mol. The van der Waals surface area contributed by atoms with Crippen LogP contribution in [0.25, 0.3) is 5.76 Å². The van der Waals surface area contributed by atoms with Crippen LogP contribution in [0.1, 0.15) is 37.3 Å². The summed E-state index contributed by atoms with van der Waals surface area (Å²) < 4.78 is 6.06. The van der Waals surface area contributed by atoms with Crippen LogP contribution in [-0.2, 0) is 10.4 Å². The van der Waals surface area contributed by atoms with E-state index in [1.807, 2.05) is 18.2 Å². The highest BCUT2D eigenvalue weighted by Crippen LogP contribution is 2.43. The van der Waals surface area contributed by atoms with Crippen molar-refractivity contribution in [1.29, 1.82) is 0 Å². The van der Waals surface area contributed by atoms with E-state index in [0.717, 1.165) is 12.8 Å². The van der Waals surface area contributed by atoms with Crippen LogP contribution in [-0.4, -0.2) is 11.0 Å². The number of aliphatic hydroxyl groups is 1. The van der Waals surface area contributed by atoms with Crippen molar-refractivity contribution in [2.24, 2.45) is 11.7 Å². The normalized spacial score (nSPS) is 21.6. The van der Waals surface area contributed by atoms with Crippen LogP contribution < -0.4 is 16.2 Å². The molecular weight excluding hydrogens is 328 g/mol. The topological polar surface area (TPSA) is 98.6 Å². The van der Waals surface area contributed by atoms with Crippen molar-refractivity contribution in [2.75, 3.05) is 5.73 Å². The molecule has 5 heteroatoms. The Morgan fingerprint density at radius 2 is 1.88 bits per heavy atom. The zero-order valence-corrected chi connectivity index (χ0v) is 14.8. The largest absolute Gasteiger partial charge is 0.457 e. The van der Waals surface area contributed by atoms with Gasteiger partial charge in [-0.15, -0.1) is 0 Å². The van der Waals surface area contributed by atoms with E-state index in [1.54, 1.807) is 36.4 Å². The molecule has 0 radical (unpaired) electrons. The molecule has 0 bridgehead atoms.